The zero-order valence-corrected chi connectivity index (χ0v) is 8.61. The number of aromatic nitrogens is 1. The smallest absolute Gasteiger partial charge is 0.0990 e. The molecule has 0 bridgehead atoms. The Hall–Kier alpha value is -0.890. The zero-order valence-electron chi connectivity index (χ0n) is 8.61. The van der Waals surface area contributed by atoms with Gasteiger partial charge in [0.05, 0.1) is 11.8 Å². The maximum Gasteiger partial charge on any atom is 0.0990 e. The summed E-state index contributed by atoms with van der Waals surface area (Å²) >= 11 is 0. The number of pyridine rings is 1. The van der Waals surface area contributed by atoms with Crippen molar-refractivity contribution in [1.82, 2.24) is 4.98 Å². The highest BCUT2D eigenvalue weighted by molar-refractivity contribution is 5.22. The third-order valence-corrected chi connectivity index (χ3v) is 3.18. The van der Waals surface area contributed by atoms with E-state index in [1.807, 2.05) is 6.07 Å². The Morgan fingerprint density at radius 1 is 1.57 bits per heavy atom. The van der Waals surface area contributed by atoms with Crippen LogP contribution >= 0.6 is 0 Å². The van der Waals surface area contributed by atoms with E-state index in [1.165, 1.54) is 12.0 Å². The molecule has 76 valence electrons. The van der Waals surface area contributed by atoms with Gasteiger partial charge in [0, 0.05) is 6.20 Å². The van der Waals surface area contributed by atoms with Crippen LogP contribution in [0.4, 0.5) is 0 Å². The molecule has 1 atom stereocenters. The molecule has 0 aromatic carbocycles. The van der Waals surface area contributed by atoms with Crippen LogP contribution in [-0.4, -0.2) is 10.1 Å². The molecule has 1 N–H and O–H groups in total. The van der Waals surface area contributed by atoms with Gasteiger partial charge in [-0.15, -0.1) is 0 Å². The quantitative estimate of drug-likeness (QED) is 0.796. The summed E-state index contributed by atoms with van der Waals surface area (Å²) in [6, 6.07) is 4.00. The van der Waals surface area contributed by atoms with Gasteiger partial charge < -0.3 is 5.11 Å². The molecule has 1 aliphatic rings. The summed E-state index contributed by atoms with van der Waals surface area (Å²) in [5.74, 6) is 0.454. The van der Waals surface area contributed by atoms with E-state index in [4.69, 9.17) is 0 Å². The van der Waals surface area contributed by atoms with Gasteiger partial charge in [-0.2, -0.15) is 0 Å². The lowest BCUT2D eigenvalue weighted by Gasteiger charge is -2.30. The molecule has 1 aliphatic carbocycles. The van der Waals surface area contributed by atoms with Crippen LogP contribution in [0, 0.1) is 5.92 Å². The number of aryl methyl sites for hydroxylation is 1. The largest absolute Gasteiger partial charge is 0.387 e. The monoisotopic (exact) mass is 191 g/mol. The summed E-state index contributed by atoms with van der Waals surface area (Å²) in [4.78, 5) is 4.30. The van der Waals surface area contributed by atoms with Crippen LogP contribution in [0.1, 0.15) is 43.5 Å². The maximum atomic E-state index is 10.1. The summed E-state index contributed by atoms with van der Waals surface area (Å²) in [6.07, 6.45) is 5.96. The van der Waals surface area contributed by atoms with E-state index in [0.717, 1.165) is 25.0 Å². The highest BCUT2D eigenvalue weighted by Crippen LogP contribution is 2.37. The van der Waals surface area contributed by atoms with Crippen molar-refractivity contribution in [2.75, 3.05) is 0 Å². The predicted octanol–water partition coefficient (Wildman–Crippen LogP) is 2.48. The van der Waals surface area contributed by atoms with Gasteiger partial charge in [0.15, 0.2) is 0 Å². The number of aliphatic hydroxyl groups excluding tert-OH is 1. The van der Waals surface area contributed by atoms with Crippen molar-refractivity contribution < 1.29 is 5.11 Å². The van der Waals surface area contributed by atoms with Gasteiger partial charge in [-0.1, -0.05) is 19.4 Å². The van der Waals surface area contributed by atoms with Crippen LogP contribution in [0.25, 0.3) is 0 Å². The van der Waals surface area contributed by atoms with Crippen molar-refractivity contribution in [2.24, 2.45) is 5.92 Å². The lowest BCUT2D eigenvalue weighted by molar-refractivity contribution is 0.0579. The second-order valence-electron chi connectivity index (χ2n) is 4.04. The van der Waals surface area contributed by atoms with Gasteiger partial charge >= 0.3 is 0 Å². The van der Waals surface area contributed by atoms with E-state index in [2.05, 4.69) is 18.0 Å². The predicted molar refractivity (Wildman–Crippen MR) is 55.9 cm³/mol. The second kappa shape index (κ2) is 4.09. The van der Waals surface area contributed by atoms with E-state index >= 15 is 0 Å². The van der Waals surface area contributed by atoms with Crippen molar-refractivity contribution in [1.29, 1.82) is 0 Å². The average molecular weight is 191 g/mol. The number of hydrogen-bond acceptors (Lipinski definition) is 2. The summed E-state index contributed by atoms with van der Waals surface area (Å²) in [7, 11) is 0. The molecule has 2 rings (SSSR count). The fourth-order valence-corrected chi connectivity index (χ4v) is 1.99. The molecule has 1 heterocycles. The zero-order chi connectivity index (χ0) is 9.97. The average Bonchev–Trinajstić information content (AvgIpc) is 2.15. The minimum Gasteiger partial charge on any atom is -0.387 e. The third-order valence-electron chi connectivity index (χ3n) is 3.18. The van der Waals surface area contributed by atoms with Crippen molar-refractivity contribution in [3.05, 3.63) is 29.6 Å². The minimum atomic E-state index is -0.333. The van der Waals surface area contributed by atoms with Gasteiger partial charge in [-0.25, -0.2) is 0 Å². The first-order chi connectivity index (χ1) is 6.83. The Kier molecular flexibility index (Phi) is 2.82. The molecule has 1 aromatic heterocycles. The minimum absolute atomic E-state index is 0.333. The molecule has 0 spiro atoms. The Labute approximate surface area is 85.0 Å². The molecule has 2 heteroatoms. The molecule has 14 heavy (non-hydrogen) atoms. The lowest BCUT2D eigenvalue weighted by atomic mass is 9.79. The first-order valence-corrected chi connectivity index (χ1v) is 5.44. The third kappa shape index (κ3) is 1.67. The molecular weight excluding hydrogens is 174 g/mol. The maximum absolute atomic E-state index is 10.1. The van der Waals surface area contributed by atoms with Crippen molar-refractivity contribution >= 4 is 0 Å². The normalized spacial score (nSPS) is 19.0. The second-order valence-corrected chi connectivity index (χ2v) is 4.04. The van der Waals surface area contributed by atoms with Crippen LogP contribution in [0.3, 0.4) is 0 Å². The van der Waals surface area contributed by atoms with Crippen molar-refractivity contribution in [3.63, 3.8) is 0 Å². The van der Waals surface area contributed by atoms with Gasteiger partial charge in [0.2, 0.25) is 0 Å². The summed E-state index contributed by atoms with van der Waals surface area (Å²) in [6.45, 7) is 2.11. The molecule has 0 aliphatic heterocycles. The molecule has 0 radical (unpaired) electrons. The molecular formula is C12H17NO. The fraction of sp³-hybridized carbons (Fsp3) is 0.583. The number of aliphatic hydroxyl groups is 1. The summed E-state index contributed by atoms with van der Waals surface area (Å²) in [5, 5.41) is 10.1. The molecule has 0 amide bonds. The van der Waals surface area contributed by atoms with Crippen molar-refractivity contribution in [3.8, 4) is 0 Å². The summed E-state index contributed by atoms with van der Waals surface area (Å²) in [5.41, 5.74) is 2.09. The van der Waals surface area contributed by atoms with Crippen molar-refractivity contribution in [2.45, 2.75) is 38.7 Å². The Balaban J connectivity index is 2.20. The topological polar surface area (TPSA) is 33.1 Å². The molecule has 1 aromatic rings. The van der Waals surface area contributed by atoms with Crippen LogP contribution in [0.2, 0.25) is 0 Å². The van der Waals surface area contributed by atoms with E-state index in [-0.39, 0.29) is 6.10 Å². The van der Waals surface area contributed by atoms with Crippen LogP contribution in [-0.2, 0) is 6.42 Å². The van der Waals surface area contributed by atoms with Gasteiger partial charge in [-0.05, 0) is 36.8 Å². The molecule has 1 fully saturated rings. The number of rotatable bonds is 3. The number of hydrogen-bond donors (Lipinski definition) is 1. The van der Waals surface area contributed by atoms with Gasteiger partial charge in [0.1, 0.15) is 0 Å². The first kappa shape index (κ1) is 9.66. The van der Waals surface area contributed by atoms with Crippen LogP contribution in [0.15, 0.2) is 18.3 Å². The highest BCUT2D eigenvalue weighted by Gasteiger charge is 2.28. The van der Waals surface area contributed by atoms with Gasteiger partial charge in [0.25, 0.3) is 0 Å². The van der Waals surface area contributed by atoms with Crippen LogP contribution < -0.4 is 0 Å². The van der Waals surface area contributed by atoms with E-state index in [9.17, 15) is 5.11 Å². The lowest BCUT2D eigenvalue weighted by Crippen LogP contribution is -2.21. The number of nitrogens with zero attached hydrogens (tertiary/aromatic N) is 1. The van der Waals surface area contributed by atoms with E-state index < -0.39 is 0 Å². The Morgan fingerprint density at radius 3 is 2.93 bits per heavy atom. The molecule has 1 unspecified atom stereocenters. The molecule has 1 saturated carbocycles. The van der Waals surface area contributed by atoms with Gasteiger partial charge in [-0.3, -0.25) is 4.98 Å². The Bertz CT molecular complexity index is 307. The molecule has 2 nitrogen and oxygen atoms in total. The Morgan fingerprint density at radius 2 is 2.36 bits per heavy atom. The highest BCUT2D eigenvalue weighted by atomic mass is 16.3. The fourth-order valence-electron chi connectivity index (χ4n) is 1.99. The van der Waals surface area contributed by atoms with E-state index in [0.29, 0.717) is 5.92 Å². The van der Waals surface area contributed by atoms with E-state index in [1.54, 1.807) is 6.20 Å². The standard InChI is InChI=1S/C12H17NO/c1-2-9-7-4-8-13-11(9)12(14)10-5-3-6-10/h4,7-8,10,12,14H,2-3,5-6H2,1H3. The SMILES string of the molecule is CCc1cccnc1C(O)C1CCC1. The molecule has 0 saturated heterocycles. The summed E-state index contributed by atoms with van der Waals surface area (Å²) < 4.78 is 0. The van der Waals surface area contributed by atoms with Crippen LogP contribution in [0.5, 0.6) is 0 Å². The first-order valence-electron chi connectivity index (χ1n) is 5.44.